The lowest BCUT2D eigenvalue weighted by Crippen LogP contribution is -2.05. The van der Waals surface area contributed by atoms with E-state index in [1.165, 1.54) is 6.92 Å². The van der Waals surface area contributed by atoms with Gasteiger partial charge in [0.15, 0.2) is 0 Å². The van der Waals surface area contributed by atoms with E-state index in [2.05, 4.69) is 32.9 Å². The van der Waals surface area contributed by atoms with Crippen molar-refractivity contribution >= 4 is 46.3 Å². The van der Waals surface area contributed by atoms with Gasteiger partial charge in [0.2, 0.25) is 5.91 Å². The molecule has 1 heterocycles. The zero-order valence-electron chi connectivity index (χ0n) is 11.5. The second kappa shape index (κ2) is 9.25. The molecule has 0 aliphatic carbocycles. The van der Waals surface area contributed by atoms with E-state index in [-0.39, 0.29) is 5.91 Å². The summed E-state index contributed by atoms with van der Waals surface area (Å²) in [6, 6.07) is 13.4. The van der Waals surface area contributed by atoms with Gasteiger partial charge in [0.05, 0.1) is 5.69 Å². The number of amides is 1. The second-order valence-corrected chi connectivity index (χ2v) is 3.89. The molecule has 2 aromatic rings. The molecule has 0 atom stereocenters. The first-order valence-electron chi connectivity index (χ1n) is 6.08. The molecule has 0 radical (unpaired) electrons. The molecule has 0 aliphatic heterocycles. The Balaban J connectivity index is 0.000000956. The summed E-state index contributed by atoms with van der Waals surface area (Å²) in [5.74, 6) is -0.0632. The number of carbonyl (C=O) groups excluding carboxylic acids is 1. The lowest BCUT2D eigenvalue weighted by molar-refractivity contribution is -0.114. The van der Waals surface area contributed by atoms with E-state index in [9.17, 15) is 4.79 Å². The Hall–Kier alpha value is -1.69. The Bertz CT molecular complexity index is 550. The second-order valence-electron chi connectivity index (χ2n) is 3.89. The van der Waals surface area contributed by atoms with Gasteiger partial charge < -0.3 is 5.32 Å². The van der Waals surface area contributed by atoms with Gasteiger partial charge in [0.1, 0.15) is 0 Å². The maximum Gasteiger partial charge on any atom is 0.221 e. The summed E-state index contributed by atoms with van der Waals surface area (Å²) in [6.07, 6.45) is 5.70. The number of hydrogen-bond donors (Lipinski definition) is 1. The van der Waals surface area contributed by atoms with E-state index in [0.29, 0.717) is 0 Å². The highest BCUT2D eigenvalue weighted by molar-refractivity contribution is 14.1. The molecule has 4 heteroatoms. The molecule has 0 spiro atoms. The SMILES string of the molecule is CC(=O)Nc1ccc(/C=C/c2ccccn2)cc1.CI. The van der Waals surface area contributed by atoms with E-state index in [4.69, 9.17) is 0 Å². The van der Waals surface area contributed by atoms with Crippen molar-refractivity contribution in [3.63, 3.8) is 0 Å². The molecule has 0 fully saturated rings. The molecule has 104 valence electrons. The first-order valence-corrected chi connectivity index (χ1v) is 8.24. The number of aromatic nitrogens is 1. The predicted molar refractivity (Wildman–Crippen MR) is 93.9 cm³/mol. The smallest absolute Gasteiger partial charge is 0.221 e. The van der Waals surface area contributed by atoms with Gasteiger partial charge in [0, 0.05) is 18.8 Å². The molecule has 0 saturated carbocycles. The van der Waals surface area contributed by atoms with Crippen molar-refractivity contribution in [2.24, 2.45) is 0 Å². The normalized spacial score (nSPS) is 9.75. The Kier molecular flexibility index (Phi) is 7.57. The fourth-order valence-corrected chi connectivity index (χ4v) is 1.54. The summed E-state index contributed by atoms with van der Waals surface area (Å²) in [4.78, 5) is 17.1. The van der Waals surface area contributed by atoms with Gasteiger partial charge in [-0.15, -0.1) is 0 Å². The molecular formula is C16H17IN2O. The summed E-state index contributed by atoms with van der Waals surface area (Å²) in [6.45, 7) is 1.49. The first-order chi connectivity index (χ1) is 9.74. The van der Waals surface area contributed by atoms with Crippen molar-refractivity contribution < 1.29 is 4.79 Å². The number of pyridine rings is 1. The first kappa shape index (κ1) is 16.4. The number of hydrogen-bond acceptors (Lipinski definition) is 2. The number of rotatable bonds is 3. The van der Waals surface area contributed by atoms with Gasteiger partial charge in [-0.1, -0.05) is 46.9 Å². The van der Waals surface area contributed by atoms with Gasteiger partial charge in [-0.2, -0.15) is 0 Å². The van der Waals surface area contributed by atoms with Gasteiger partial charge in [-0.3, -0.25) is 9.78 Å². The third-order valence-corrected chi connectivity index (χ3v) is 2.37. The number of benzene rings is 1. The summed E-state index contributed by atoms with van der Waals surface area (Å²) >= 11 is 2.15. The van der Waals surface area contributed by atoms with Crippen molar-refractivity contribution in [2.75, 3.05) is 10.2 Å². The van der Waals surface area contributed by atoms with Crippen LogP contribution in [0, 0.1) is 0 Å². The topological polar surface area (TPSA) is 42.0 Å². The summed E-state index contributed by atoms with van der Waals surface area (Å²) < 4.78 is 0. The van der Waals surface area contributed by atoms with Crippen LogP contribution in [0.4, 0.5) is 5.69 Å². The third-order valence-electron chi connectivity index (χ3n) is 2.37. The zero-order valence-corrected chi connectivity index (χ0v) is 13.7. The van der Waals surface area contributed by atoms with E-state index >= 15 is 0 Å². The Labute approximate surface area is 133 Å². The maximum atomic E-state index is 10.9. The monoisotopic (exact) mass is 380 g/mol. The lowest BCUT2D eigenvalue weighted by atomic mass is 10.2. The average Bonchev–Trinajstić information content (AvgIpc) is 2.49. The standard InChI is InChI=1S/C15H14N2O.CH3I/c1-12(18)17-15-9-6-13(7-10-15)5-8-14-4-2-3-11-16-14;1-2/h2-11H,1H3,(H,17,18);1H3/b8-5+;. The number of nitrogens with zero attached hydrogens (tertiary/aromatic N) is 1. The number of nitrogens with one attached hydrogen (secondary N) is 1. The lowest BCUT2D eigenvalue weighted by Gasteiger charge is -2.01. The minimum Gasteiger partial charge on any atom is -0.326 e. The number of alkyl halides is 1. The molecule has 3 nitrogen and oxygen atoms in total. The summed E-state index contributed by atoms with van der Waals surface area (Å²) in [5.41, 5.74) is 2.79. The average molecular weight is 380 g/mol. The van der Waals surface area contributed by atoms with E-state index in [0.717, 1.165) is 16.9 Å². The van der Waals surface area contributed by atoms with Crippen LogP contribution >= 0.6 is 22.6 Å². The van der Waals surface area contributed by atoms with Crippen molar-refractivity contribution in [1.29, 1.82) is 0 Å². The van der Waals surface area contributed by atoms with Crippen LogP contribution in [0.3, 0.4) is 0 Å². The fourth-order valence-electron chi connectivity index (χ4n) is 1.54. The highest BCUT2D eigenvalue weighted by atomic mass is 127. The van der Waals surface area contributed by atoms with Gasteiger partial charge in [0.25, 0.3) is 0 Å². The molecule has 2 rings (SSSR count). The predicted octanol–water partition coefficient (Wildman–Crippen LogP) is 4.26. The summed E-state index contributed by atoms with van der Waals surface area (Å²) in [7, 11) is 0. The third kappa shape index (κ3) is 5.97. The van der Waals surface area contributed by atoms with Crippen LogP contribution in [0.15, 0.2) is 48.7 Å². The molecule has 20 heavy (non-hydrogen) atoms. The van der Waals surface area contributed by atoms with Crippen molar-refractivity contribution in [2.45, 2.75) is 6.92 Å². The summed E-state index contributed by atoms with van der Waals surface area (Å²) in [5, 5.41) is 2.73. The number of anilines is 1. The highest BCUT2D eigenvalue weighted by Gasteiger charge is 1.94. The molecule has 1 aromatic heterocycles. The molecule has 0 unspecified atom stereocenters. The number of carbonyl (C=O) groups is 1. The molecule has 1 N–H and O–H groups in total. The molecule has 0 saturated heterocycles. The number of halogens is 1. The van der Waals surface area contributed by atoms with Crippen LogP contribution < -0.4 is 5.32 Å². The minimum atomic E-state index is -0.0632. The van der Waals surface area contributed by atoms with Gasteiger partial charge in [-0.25, -0.2) is 0 Å². The molecule has 0 bridgehead atoms. The molecule has 1 amide bonds. The zero-order chi connectivity index (χ0) is 14.8. The fraction of sp³-hybridized carbons (Fsp3) is 0.125. The van der Waals surface area contributed by atoms with Crippen LogP contribution in [0.1, 0.15) is 18.2 Å². The van der Waals surface area contributed by atoms with Gasteiger partial charge in [-0.05, 0) is 40.8 Å². The Morgan fingerprint density at radius 2 is 1.80 bits per heavy atom. The maximum absolute atomic E-state index is 10.9. The highest BCUT2D eigenvalue weighted by Crippen LogP contribution is 2.11. The van der Waals surface area contributed by atoms with Crippen LogP contribution in [0.2, 0.25) is 0 Å². The van der Waals surface area contributed by atoms with Crippen molar-refractivity contribution in [1.82, 2.24) is 4.98 Å². The molecular weight excluding hydrogens is 363 g/mol. The van der Waals surface area contributed by atoms with Crippen LogP contribution in [-0.4, -0.2) is 15.8 Å². The molecule has 0 aliphatic rings. The minimum absolute atomic E-state index is 0.0632. The molecule has 1 aromatic carbocycles. The van der Waals surface area contributed by atoms with Crippen LogP contribution in [0.25, 0.3) is 12.2 Å². The quantitative estimate of drug-likeness (QED) is 0.639. The Morgan fingerprint density at radius 3 is 2.35 bits per heavy atom. The van der Waals surface area contributed by atoms with E-state index < -0.39 is 0 Å². The van der Waals surface area contributed by atoms with Crippen LogP contribution in [-0.2, 0) is 4.79 Å². The van der Waals surface area contributed by atoms with Crippen LogP contribution in [0.5, 0.6) is 0 Å². The van der Waals surface area contributed by atoms with E-state index in [1.807, 2.05) is 59.5 Å². The Morgan fingerprint density at radius 1 is 1.10 bits per heavy atom. The van der Waals surface area contributed by atoms with Crippen molar-refractivity contribution in [3.8, 4) is 0 Å². The van der Waals surface area contributed by atoms with E-state index in [1.54, 1.807) is 6.20 Å². The van der Waals surface area contributed by atoms with Crippen molar-refractivity contribution in [3.05, 3.63) is 59.9 Å². The van der Waals surface area contributed by atoms with Gasteiger partial charge >= 0.3 is 0 Å². The largest absolute Gasteiger partial charge is 0.326 e.